The van der Waals surface area contributed by atoms with Crippen LogP contribution in [0.5, 0.6) is 5.75 Å². The molecule has 1 heterocycles. The third-order valence-electron chi connectivity index (χ3n) is 2.53. The Morgan fingerprint density at radius 2 is 2.17 bits per heavy atom. The van der Waals surface area contributed by atoms with E-state index in [0.717, 1.165) is 0 Å². The lowest BCUT2D eigenvalue weighted by Gasteiger charge is -2.15. The molecule has 0 atom stereocenters. The van der Waals surface area contributed by atoms with Gasteiger partial charge in [0.25, 0.3) is 5.91 Å². The van der Waals surface area contributed by atoms with E-state index in [1.165, 1.54) is 4.90 Å². The van der Waals surface area contributed by atoms with E-state index in [9.17, 15) is 9.90 Å². The average Bonchev–Trinajstić information content (AvgIpc) is 2.78. The highest BCUT2D eigenvalue weighted by atomic mass is 16.3. The standard InChI is InChI=1S/C12H14N4O2/c1-8-13-11(15-14-8)12(18)16(2)7-9-5-3-4-6-10(9)17/h3-6,17H,7H2,1-2H3,(H,13,14,15). The van der Waals surface area contributed by atoms with Crippen LogP contribution in [0.1, 0.15) is 22.0 Å². The number of para-hydroxylation sites is 1. The second-order valence-electron chi connectivity index (χ2n) is 4.03. The van der Waals surface area contributed by atoms with Gasteiger partial charge in [0.05, 0.1) is 0 Å². The molecule has 2 aromatic rings. The number of amides is 1. The van der Waals surface area contributed by atoms with Crippen molar-refractivity contribution in [3.8, 4) is 5.75 Å². The molecule has 2 rings (SSSR count). The van der Waals surface area contributed by atoms with Crippen molar-refractivity contribution < 1.29 is 9.90 Å². The maximum atomic E-state index is 12.0. The summed E-state index contributed by atoms with van der Waals surface area (Å²) in [4.78, 5) is 17.4. The first-order valence-corrected chi connectivity index (χ1v) is 5.49. The highest BCUT2D eigenvalue weighted by Crippen LogP contribution is 2.17. The number of hydrogen-bond donors (Lipinski definition) is 2. The number of H-pyrrole nitrogens is 1. The molecule has 0 bridgehead atoms. The molecule has 0 saturated carbocycles. The molecule has 1 aromatic heterocycles. The quantitative estimate of drug-likeness (QED) is 0.849. The fraction of sp³-hybridized carbons (Fsp3) is 0.250. The van der Waals surface area contributed by atoms with E-state index in [1.54, 1.807) is 32.2 Å². The normalized spacial score (nSPS) is 10.3. The number of phenolic OH excluding ortho intramolecular Hbond substituents is 1. The Hall–Kier alpha value is -2.37. The first kappa shape index (κ1) is 12.1. The van der Waals surface area contributed by atoms with Crippen LogP contribution in [0, 0.1) is 6.92 Å². The first-order chi connectivity index (χ1) is 8.58. The summed E-state index contributed by atoms with van der Waals surface area (Å²) < 4.78 is 0. The van der Waals surface area contributed by atoms with Gasteiger partial charge in [-0.3, -0.25) is 9.89 Å². The molecule has 0 aliphatic rings. The van der Waals surface area contributed by atoms with Gasteiger partial charge in [0.15, 0.2) is 0 Å². The zero-order valence-corrected chi connectivity index (χ0v) is 10.2. The molecular weight excluding hydrogens is 232 g/mol. The number of aromatic hydroxyl groups is 1. The Kier molecular flexibility index (Phi) is 3.27. The third-order valence-corrected chi connectivity index (χ3v) is 2.53. The van der Waals surface area contributed by atoms with E-state index in [0.29, 0.717) is 17.9 Å². The summed E-state index contributed by atoms with van der Waals surface area (Å²) in [7, 11) is 1.64. The van der Waals surface area contributed by atoms with Gasteiger partial charge < -0.3 is 10.0 Å². The predicted molar refractivity (Wildman–Crippen MR) is 65.0 cm³/mol. The Labute approximate surface area is 104 Å². The van der Waals surface area contributed by atoms with Crippen molar-refractivity contribution in [2.45, 2.75) is 13.5 Å². The molecule has 0 unspecified atom stereocenters. The Bertz CT molecular complexity index is 565. The number of aromatic nitrogens is 3. The molecule has 94 valence electrons. The van der Waals surface area contributed by atoms with E-state index in [1.807, 2.05) is 6.07 Å². The molecular formula is C12H14N4O2. The van der Waals surface area contributed by atoms with Gasteiger partial charge in [-0.25, -0.2) is 4.98 Å². The summed E-state index contributed by atoms with van der Waals surface area (Å²) in [6.45, 7) is 2.03. The van der Waals surface area contributed by atoms with E-state index < -0.39 is 0 Å². The number of hydrogen-bond acceptors (Lipinski definition) is 4. The van der Waals surface area contributed by atoms with Crippen LogP contribution >= 0.6 is 0 Å². The summed E-state index contributed by atoms with van der Waals surface area (Å²) in [6.07, 6.45) is 0. The number of carbonyl (C=O) groups is 1. The van der Waals surface area contributed by atoms with Crippen LogP contribution < -0.4 is 0 Å². The Morgan fingerprint density at radius 1 is 1.44 bits per heavy atom. The molecule has 1 amide bonds. The van der Waals surface area contributed by atoms with E-state index in [4.69, 9.17) is 0 Å². The second-order valence-corrected chi connectivity index (χ2v) is 4.03. The smallest absolute Gasteiger partial charge is 0.293 e. The molecule has 18 heavy (non-hydrogen) atoms. The van der Waals surface area contributed by atoms with E-state index >= 15 is 0 Å². The van der Waals surface area contributed by atoms with Crippen LogP contribution in [0.4, 0.5) is 0 Å². The van der Waals surface area contributed by atoms with Crippen molar-refractivity contribution >= 4 is 5.91 Å². The Morgan fingerprint density at radius 3 is 2.78 bits per heavy atom. The van der Waals surface area contributed by atoms with Gasteiger partial charge in [-0.15, -0.1) is 5.10 Å². The topological polar surface area (TPSA) is 82.1 Å². The lowest BCUT2D eigenvalue weighted by molar-refractivity contribution is 0.0772. The molecule has 0 fully saturated rings. The third kappa shape index (κ3) is 2.48. The first-order valence-electron chi connectivity index (χ1n) is 5.49. The van der Waals surface area contributed by atoms with Gasteiger partial charge >= 0.3 is 0 Å². The van der Waals surface area contributed by atoms with Crippen LogP contribution in [0.25, 0.3) is 0 Å². The largest absolute Gasteiger partial charge is 0.508 e. The van der Waals surface area contributed by atoms with Gasteiger partial charge in [-0.05, 0) is 13.0 Å². The predicted octanol–water partition coefficient (Wildman–Crippen LogP) is 1.09. The molecule has 0 radical (unpaired) electrons. The number of nitrogens with zero attached hydrogens (tertiary/aromatic N) is 3. The van der Waals surface area contributed by atoms with Gasteiger partial charge in [0.2, 0.25) is 5.82 Å². The molecule has 0 spiro atoms. The molecule has 6 nitrogen and oxygen atoms in total. The van der Waals surface area contributed by atoms with Crippen molar-refractivity contribution in [1.82, 2.24) is 20.1 Å². The number of aryl methyl sites for hydroxylation is 1. The number of phenols is 1. The number of rotatable bonds is 3. The second kappa shape index (κ2) is 4.87. The fourth-order valence-corrected chi connectivity index (χ4v) is 1.58. The molecule has 6 heteroatoms. The van der Waals surface area contributed by atoms with E-state index in [-0.39, 0.29) is 17.5 Å². The fourth-order valence-electron chi connectivity index (χ4n) is 1.58. The van der Waals surface area contributed by atoms with Gasteiger partial charge in [-0.1, -0.05) is 18.2 Å². The van der Waals surface area contributed by atoms with Crippen molar-refractivity contribution in [2.24, 2.45) is 0 Å². The summed E-state index contributed by atoms with van der Waals surface area (Å²) in [6, 6.07) is 6.90. The van der Waals surface area contributed by atoms with Gasteiger partial charge in [0.1, 0.15) is 11.6 Å². The summed E-state index contributed by atoms with van der Waals surface area (Å²) in [5.74, 6) is 0.602. The van der Waals surface area contributed by atoms with Crippen LogP contribution in [-0.4, -0.2) is 38.1 Å². The maximum absolute atomic E-state index is 12.0. The van der Waals surface area contributed by atoms with Crippen LogP contribution in [0.3, 0.4) is 0 Å². The molecule has 0 aliphatic carbocycles. The number of aromatic amines is 1. The minimum absolute atomic E-state index is 0.130. The zero-order valence-electron chi connectivity index (χ0n) is 10.2. The average molecular weight is 246 g/mol. The lowest BCUT2D eigenvalue weighted by atomic mass is 10.2. The minimum atomic E-state index is -0.289. The van der Waals surface area contributed by atoms with Gasteiger partial charge in [0, 0.05) is 19.2 Å². The summed E-state index contributed by atoms with van der Waals surface area (Å²) in [5, 5.41) is 16.1. The zero-order chi connectivity index (χ0) is 13.1. The van der Waals surface area contributed by atoms with Crippen LogP contribution in [0.2, 0.25) is 0 Å². The molecule has 0 saturated heterocycles. The van der Waals surface area contributed by atoms with Crippen molar-refractivity contribution in [3.63, 3.8) is 0 Å². The van der Waals surface area contributed by atoms with Crippen molar-refractivity contribution in [2.75, 3.05) is 7.05 Å². The summed E-state index contributed by atoms with van der Waals surface area (Å²) >= 11 is 0. The van der Waals surface area contributed by atoms with Crippen LogP contribution in [0.15, 0.2) is 24.3 Å². The van der Waals surface area contributed by atoms with Crippen molar-refractivity contribution in [3.05, 3.63) is 41.5 Å². The number of carbonyl (C=O) groups excluding carboxylic acids is 1. The molecule has 0 aliphatic heterocycles. The Balaban J connectivity index is 2.11. The molecule has 2 N–H and O–H groups in total. The highest BCUT2D eigenvalue weighted by molar-refractivity contribution is 5.90. The monoisotopic (exact) mass is 246 g/mol. The number of benzene rings is 1. The lowest BCUT2D eigenvalue weighted by Crippen LogP contribution is -2.27. The SMILES string of the molecule is Cc1nc(C(=O)N(C)Cc2ccccc2O)n[nH]1. The van der Waals surface area contributed by atoms with E-state index in [2.05, 4.69) is 15.2 Å². The highest BCUT2D eigenvalue weighted by Gasteiger charge is 2.17. The molecule has 1 aromatic carbocycles. The minimum Gasteiger partial charge on any atom is -0.508 e. The maximum Gasteiger partial charge on any atom is 0.293 e. The van der Waals surface area contributed by atoms with Crippen molar-refractivity contribution in [1.29, 1.82) is 0 Å². The number of nitrogens with one attached hydrogen (secondary N) is 1. The van der Waals surface area contributed by atoms with Crippen LogP contribution in [-0.2, 0) is 6.54 Å². The summed E-state index contributed by atoms with van der Waals surface area (Å²) in [5.41, 5.74) is 0.681. The van der Waals surface area contributed by atoms with Gasteiger partial charge in [-0.2, -0.15) is 0 Å².